The Hall–Kier alpha value is -2.60. The topological polar surface area (TPSA) is 80.3 Å². The van der Waals surface area contributed by atoms with Crippen LogP contribution in [-0.2, 0) is 6.42 Å². The summed E-state index contributed by atoms with van der Waals surface area (Å²) in [4.78, 5) is 8.75. The number of rotatable bonds is 4. The molecule has 6 heteroatoms. The highest BCUT2D eigenvalue weighted by atomic mass is 15.3. The van der Waals surface area contributed by atoms with Gasteiger partial charge in [0.25, 0.3) is 0 Å². The third-order valence-electron chi connectivity index (χ3n) is 3.17. The first-order valence-electron chi connectivity index (χ1n) is 6.47. The summed E-state index contributed by atoms with van der Waals surface area (Å²) in [6, 6.07) is 8.15. The molecule has 0 saturated carbocycles. The quantitative estimate of drug-likeness (QED) is 0.500. The van der Waals surface area contributed by atoms with Gasteiger partial charge in [-0.05, 0) is 18.1 Å². The molecule has 0 radical (unpaired) electrons. The first-order valence-corrected chi connectivity index (χ1v) is 6.47. The molecule has 0 saturated heterocycles. The Morgan fingerprint density at radius 3 is 2.95 bits per heavy atom. The number of nitrogen functional groups attached to an aromatic ring is 1. The number of hydrogen-bond acceptors (Lipinski definition) is 5. The number of nitrogens with zero attached hydrogens (tertiary/aromatic N) is 3. The molecule has 20 heavy (non-hydrogen) atoms. The van der Waals surface area contributed by atoms with Crippen molar-refractivity contribution in [3.05, 3.63) is 48.4 Å². The molecule has 0 aliphatic heterocycles. The first kappa shape index (κ1) is 12.4. The van der Waals surface area contributed by atoms with E-state index in [1.54, 1.807) is 12.4 Å². The molecule has 1 aromatic carbocycles. The van der Waals surface area contributed by atoms with Gasteiger partial charge in [0.1, 0.15) is 0 Å². The highest BCUT2D eigenvalue weighted by Gasteiger charge is 2.09. The van der Waals surface area contributed by atoms with Crippen molar-refractivity contribution in [3.63, 3.8) is 0 Å². The van der Waals surface area contributed by atoms with Crippen molar-refractivity contribution in [2.75, 3.05) is 10.7 Å². The van der Waals surface area contributed by atoms with Crippen LogP contribution in [0, 0.1) is 0 Å². The van der Waals surface area contributed by atoms with E-state index >= 15 is 0 Å². The van der Waals surface area contributed by atoms with Gasteiger partial charge in [-0.25, -0.2) is 15.8 Å². The van der Waals surface area contributed by atoms with Crippen LogP contribution in [0.1, 0.15) is 12.5 Å². The van der Waals surface area contributed by atoms with E-state index < -0.39 is 0 Å². The molecule has 3 rings (SSSR count). The molecule has 0 unspecified atom stereocenters. The summed E-state index contributed by atoms with van der Waals surface area (Å²) in [5, 5.41) is 3.34. The van der Waals surface area contributed by atoms with Crippen molar-refractivity contribution in [1.29, 1.82) is 0 Å². The van der Waals surface area contributed by atoms with E-state index in [1.807, 2.05) is 28.8 Å². The average Bonchev–Trinajstić information content (AvgIpc) is 2.96. The van der Waals surface area contributed by atoms with Crippen LogP contribution in [0.2, 0.25) is 0 Å². The molecule has 0 bridgehead atoms. The van der Waals surface area contributed by atoms with Gasteiger partial charge in [0.15, 0.2) is 17.3 Å². The van der Waals surface area contributed by atoms with Crippen LogP contribution in [0.15, 0.2) is 42.9 Å². The van der Waals surface area contributed by atoms with E-state index in [0.29, 0.717) is 11.6 Å². The standard InChI is InChI=1S/C14H16N6/c1-2-10-5-3-4-6-11(10)17-13-14-16-7-8-20(14)9-12(18-13)19-15/h3-9,19H,2,15H2,1H3,(H,17,18). The molecule has 0 amide bonds. The Morgan fingerprint density at radius 1 is 1.30 bits per heavy atom. The highest BCUT2D eigenvalue weighted by Crippen LogP contribution is 2.23. The fourth-order valence-electron chi connectivity index (χ4n) is 2.16. The maximum Gasteiger partial charge on any atom is 0.180 e. The van der Waals surface area contributed by atoms with Gasteiger partial charge in [-0.15, -0.1) is 0 Å². The second kappa shape index (κ2) is 5.18. The van der Waals surface area contributed by atoms with Gasteiger partial charge in [-0.2, -0.15) is 0 Å². The van der Waals surface area contributed by atoms with Crippen LogP contribution < -0.4 is 16.6 Å². The van der Waals surface area contributed by atoms with Crippen molar-refractivity contribution < 1.29 is 0 Å². The highest BCUT2D eigenvalue weighted by molar-refractivity contribution is 5.73. The number of fused-ring (bicyclic) bond motifs is 1. The molecule has 0 aliphatic carbocycles. The fraction of sp³-hybridized carbons (Fsp3) is 0.143. The molecule has 4 N–H and O–H groups in total. The normalized spacial score (nSPS) is 10.7. The van der Waals surface area contributed by atoms with Crippen LogP contribution in [0.5, 0.6) is 0 Å². The maximum atomic E-state index is 5.45. The minimum Gasteiger partial charge on any atom is -0.337 e. The van der Waals surface area contributed by atoms with Gasteiger partial charge in [0.05, 0.1) is 6.20 Å². The number of hydrazine groups is 1. The Bertz CT molecular complexity index is 733. The van der Waals surface area contributed by atoms with Crippen molar-refractivity contribution in [2.24, 2.45) is 5.84 Å². The molecule has 6 nitrogen and oxygen atoms in total. The summed E-state index contributed by atoms with van der Waals surface area (Å²) >= 11 is 0. The largest absolute Gasteiger partial charge is 0.337 e. The SMILES string of the molecule is CCc1ccccc1Nc1nc(NN)cn2ccnc12. The Kier molecular flexibility index (Phi) is 3.22. The summed E-state index contributed by atoms with van der Waals surface area (Å²) < 4.78 is 1.87. The summed E-state index contributed by atoms with van der Waals surface area (Å²) in [5.41, 5.74) is 5.58. The molecule has 0 spiro atoms. The first-order chi connectivity index (χ1) is 9.81. The van der Waals surface area contributed by atoms with E-state index in [0.717, 1.165) is 17.8 Å². The van der Waals surface area contributed by atoms with Gasteiger partial charge >= 0.3 is 0 Å². The number of anilines is 3. The van der Waals surface area contributed by atoms with E-state index in [1.165, 1.54) is 5.56 Å². The van der Waals surface area contributed by atoms with Crippen molar-refractivity contribution >= 4 is 23.0 Å². The van der Waals surface area contributed by atoms with Gasteiger partial charge in [-0.1, -0.05) is 25.1 Å². The number of hydrogen-bond donors (Lipinski definition) is 3. The molecule has 3 aromatic rings. The lowest BCUT2D eigenvalue weighted by molar-refractivity contribution is 1.10. The maximum absolute atomic E-state index is 5.45. The summed E-state index contributed by atoms with van der Waals surface area (Å²) in [6.45, 7) is 2.12. The number of nitrogens with one attached hydrogen (secondary N) is 2. The van der Waals surface area contributed by atoms with Crippen LogP contribution >= 0.6 is 0 Å². The van der Waals surface area contributed by atoms with E-state index in [9.17, 15) is 0 Å². The zero-order valence-electron chi connectivity index (χ0n) is 11.2. The molecule has 0 aliphatic rings. The lowest BCUT2D eigenvalue weighted by Gasteiger charge is -2.12. The Morgan fingerprint density at radius 2 is 2.15 bits per heavy atom. The summed E-state index contributed by atoms with van der Waals surface area (Å²) in [7, 11) is 0. The molecule has 0 atom stereocenters. The van der Waals surface area contributed by atoms with Crippen LogP contribution in [-0.4, -0.2) is 14.4 Å². The summed E-state index contributed by atoms with van der Waals surface area (Å²) in [5.74, 6) is 6.70. The number of aromatic nitrogens is 3. The third kappa shape index (κ3) is 2.17. The number of imidazole rings is 1. The molecular weight excluding hydrogens is 252 g/mol. The number of aryl methyl sites for hydroxylation is 1. The molecule has 2 heterocycles. The van der Waals surface area contributed by atoms with E-state index in [4.69, 9.17) is 5.84 Å². The predicted octanol–water partition coefficient (Wildman–Crippen LogP) is 2.32. The monoisotopic (exact) mass is 268 g/mol. The smallest absolute Gasteiger partial charge is 0.180 e. The van der Waals surface area contributed by atoms with Gasteiger partial charge in [-0.3, -0.25) is 0 Å². The molecule has 2 aromatic heterocycles. The second-order valence-corrected chi connectivity index (χ2v) is 4.41. The molecule has 102 valence electrons. The fourth-order valence-corrected chi connectivity index (χ4v) is 2.16. The van der Waals surface area contributed by atoms with Gasteiger partial charge < -0.3 is 15.1 Å². The Labute approximate surface area is 116 Å². The lowest BCUT2D eigenvalue weighted by Crippen LogP contribution is -2.11. The van der Waals surface area contributed by atoms with Crippen LogP contribution in [0.4, 0.5) is 17.3 Å². The van der Waals surface area contributed by atoms with E-state index in [2.05, 4.69) is 33.7 Å². The van der Waals surface area contributed by atoms with Crippen LogP contribution in [0.25, 0.3) is 5.65 Å². The average molecular weight is 268 g/mol. The predicted molar refractivity (Wildman–Crippen MR) is 79.9 cm³/mol. The second-order valence-electron chi connectivity index (χ2n) is 4.41. The van der Waals surface area contributed by atoms with Crippen molar-refractivity contribution in [3.8, 4) is 0 Å². The molecular formula is C14H16N6. The van der Waals surface area contributed by atoms with Crippen LogP contribution in [0.3, 0.4) is 0 Å². The van der Waals surface area contributed by atoms with Crippen molar-refractivity contribution in [2.45, 2.75) is 13.3 Å². The number of benzene rings is 1. The van der Waals surface area contributed by atoms with Gasteiger partial charge in [0, 0.05) is 18.1 Å². The zero-order valence-corrected chi connectivity index (χ0v) is 11.2. The Balaban J connectivity index is 2.07. The van der Waals surface area contributed by atoms with E-state index in [-0.39, 0.29) is 0 Å². The van der Waals surface area contributed by atoms with Gasteiger partial charge in [0.2, 0.25) is 0 Å². The third-order valence-corrected chi connectivity index (χ3v) is 3.17. The zero-order chi connectivity index (χ0) is 13.9. The summed E-state index contributed by atoms with van der Waals surface area (Å²) in [6.07, 6.45) is 6.32. The van der Waals surface area contributed by atoms with Crippen molar-refractivity contribution in [1.82, 2.24) is 14.4 Å². The molecule has 0 fully saturated rings. The lowest BCUT2D eigenvalue weighted by atomic mass is 10.1. The number of para-hydroxylation sites is 1. The minimum absolute atomic E-state index is 0.576. The minimum atomic E-state index is 0.576. The number of nitrogens with two attached hydrogens (primary N) is 1.